The minimum absolute atomic E-state index is 0.0246. The molecule has 2 aromatic rings. The molecule has 0 spiro atoms. The standard InChI is InChI=1S/C13H15N3O2/c1-9-15-12(14-2)7-13(16-9)18-11-5-3-10(8-17)4-6-11/h3-7,17H,8H2,1-2H3,(H,14,15,16). The van der Waals surface area contributed by atoms with Gasteiger partial charge >= 0.3 is 0 Å². The van der Waals surface area contributed by atoms with Crippen LogP contribution in [0.1, 0.15) is 11.4 Å². The van der Waals surface area contributed by atoms with Crippen LogP contribution in [0.3, 0.4) is 0 Å². The van der Waals surface area contributed by atoms with Gasteiger partial charge in [0.2, 0.25) is 5.88 Å². The zero-order chi connectivity index (χ0) is 13.0. The van der Waals surface area contributed by atoms with E-state index >= 15 is 0 Å². The van der Waals surface area contributed by atoms with E-state index in [0.717, 1.165) is 5.56 Å². The highest BCUT2D eigenvalue weighted by molar-refractivity contribution is 5.39. The normalized spacial score (nSPS) is 10.2. The number of aryl methyl sites for hydroxylation is 1. The minimum Gasteiger partial charge on any atom is -0.439 e. The highest BCUT2D eigenvalue weighted by atomic mass is 16.5. The van der Waals surface area contributed by atoms with E-state index in [1.165, 1.54) is 0 Å². The van der Waals surface area contributed by atoms with Gasteiger partial charge in [0.25, 0.3) is 0 Å². The second-order valence-electron chi connectivity index (χ2n) is 3.79. The van der Waals surface area contributed by atoms with E-state index in [-0.39, 0.29) is 6.61 Å². The van der Waals surface area contributed by atoms with Crippen molar-refractivity contribution < 1.29 is 9.84 Å². The molecule has 0 aliphatic rings. The molecule has 0 atom stereocenters. The predicted octanol–water partition coefficient (Wildman–Crippen LogP) is 2.11. The summed E-state index contributed by atoms with van der Waals surface area (Å²) in [6.07, 6.45) is 0. The lowest BCUT2D eigenvalue weighted by Gasteiger charge is -2.07. The van der Waals surface area contributed by atoms with Gasteiger partial charge in [-0.3, -0.25) is 0 Å². The molecule has 0 saturated carbocycles. The average Bonchev–Trinajstić information content (AvgIpc) is 2.39. The van der Waals surface area contributed by atoms with Crippen LogP contribution >= 0.6 is 0 Å². The molecule has 5 heteroatoms. The van der Waals surface area contributed by atoms with Crippen molar-refractivity contribution in [2.75, 3.05) is 12.4 Å². The summed E-state index contributed by atoms with van der Waals surface area (Å²) in [5.41, 5.74) is 0.845. The molecule has 0 aliphatic heterocycles. The zero-order valence-corrected chi connectivity index (χ0v) is 10.3. The van der Waals surface area contributed by atoms with E-state index in [1.54, 1.807) is 25.2 Å². The third-order valence-electron chi connectivity index (χ3n) is 2.40. The van der Waals surface area contributed by atoms with Crippen LogP contribution in [0.25, 0.3) is 0 Å². The third-order valence-corrected chi connectivity index (χ3v) is 2.40. The molecule has 5 nitrogen and oxygen atoms in total. The Kier molecular flexibility index (Phi) is 3.74. The molecular weight excluding hydrogens is 230 g/mol. The van der Waals surface area contributed by atoms with Crippen LogP contribution in [0, 0.1) is 6.92 Å². The van der Waals surface area contributed by atoms with Crippen molar-refractivity contribution in [2.45, 2.75) is 13.5 Å². The topological polar surface area (TPSA) is 67.3 Å². The molecular formula is C13H15N3O2. The van der Waals surface area contributed by atoms with Crippen molar-refractivity contribution in [3.05, 3.63) is 41.7 Å². The van der Waals surface area contributed by atoms with Crippen molar-refractivity contribution in [3.63, 3.8) is 0 Å². The van der Waals surface area contributed by atoms with Crippen molar-refractivity contribution in [2.24, 2.45) is 0 Å². The van der Waals surface area contributed by atoms with Gasteiger partial charge in [-0.1, -0.05) is 12.1 Å². The first-order valence-electron chi connectivity index (χ1n) is 5.62. The number of ether oxygens (including phenoxy) is 1. The maximum Gasteiger partial charge on any atom is 0.224 e. The summed E-state index contributed by atoms with van der Waals surface area (Å²) in [6.45, 7) is 1.83. The van der Waals surface area contributed by atoms with Crippen molar-refractivity contribution >= 4 is 5.82 Å². The Balaban J connectivity index is 2.19. The van der Waals surface area contributed by atoms with Gasteiger partial charge < -0.3 is 15.2 Å². The summed E-state index contributed by atoms with van der Waals surface area (Å²) >= 11 is 0. The Hall–Kier alpha value is -2.14. The summed E-state index contributed by atoms with van der Waals surface area (Å²) in [5, 5.41) is 11.9. The lowest BCUT2D eigenvalue weighted by molar-refractivity contribution is 0.281. The van der Waals surface area contributed by atoms with Gasteiger partial charge in [-0.25, -0.2) is 4.98 Å². The predicted molar refractivity (Wildman–Crippen MR) is 68.8 cm³/mol. The summed E-state index contributed by atoms with van der Waals surface area (Å²) < 4.78 is 5.63. The van der Waals surface area contributed by atoms with E-state index < -0.39 is 0 Å². The van der Waals surface area contributed by atoms with Crippen LogP contribution in [-0.2, 0) is 6.61 Å². The van der Waals surface area contributed by atoms with Gasteiger partial charge in [0, 0.05) is 13.1 Å². The Morgan fingerprint density at radius 1 is 1.22 bits per heavy atom. The highest BCUT2D eigenvalue weighted by Crippen LogP contribution is 2.21. The van der Waals surface area contributed by atoms with Gasteiger partial charge in [-0.15, -0.1) is 0 Å². The van der Waals surface area contributed by atoms with Crippen molar-refractivity contribution in [1.29, 1.82) is 0 Å². The van der Waals surface area contributed by atoms with Crippen LogP contribution in [0.15, 0.2) is 30.3 Å². The second kappa shape index (κ2) is 5.46. The maximum absolute atomic E-state index is 8.95. The number of hydrogen-bond donors (Lipinski definition) is 2. The van der Waals surface area contributed by atoms with Gasteiger partial charge in [-0.2, -0.15) is 4.98 Å². The number of nitrogens with one attached hydrogen (secondary N) is 1. The molecule has 0 bridgehead atoms. The lowest BCUT2D eigenvalue weighted by atomic mass is 10.2. The van der Waals surface area contributed by atoms with E-state index in [0.29, 0.717) is 23.3 Å². The molecule has 1 aromatic heterocycles. The zero-order valence-electron chi connectivity index (χ0n) is 10.3. The molecule has 94 valence electrons. The highest BCUT2D eigenvalue weighted by Gasteiger charge is 2.03. The van der Waals surface area contributed by atoms with Gasteiger partial charge in [0.15, 0.2) is 0 Å². The number of benzene rings is 1. The van der Waals surface area contributed by atoms with E-state index in [9.17, 15) is 0 Å². The number of hydrogen-bond acceptors (Lipinski definition) is 5. The summed E-state index contributed by atoms with van der Waals surface area (Å²) in [6, 6.07) is 8.93. The number of nitrogens with zero attached hydrogens (tertiary/aromatic N) is 2. The average molecular weight is 245 g/mol. The largest absolute Gasteiger partial charge is 0.439 e. The lowest BCUT2D eigenvalue weighted by Crippen LogP contribution is -1.98. The smallest absolute Gasteiger partial charge is 0.224 e. The van der Waals surface area contributed by atoms with E-state index in [1.807, 2.05) is 19.1 Å². The van der Waals surface area contributed by atoms with Gasteiger partial charge in [0.05, 0.1) is 6.61 Å². The molecule has 2 N–H and O–H groups in total. The molecule has 0 saturated heterocycles. The second-order valence-corrected chi connectivity index (χ2v) is 3.79. The third kappa shape index (κ3) is 2.95. The molecule has 0 amide bonds. The van der Waals surface area contributed by atoms with Crippen LogP contribution in [-0.4, -0.2) is 22.1 Å². The van der Waals surface area contributed by atoms with Gasteiger partial charge in [-0.05, 0) is 24.6 Å². The van der Waals surface area contributed by atoms with Crippen LogP contribution in [0.2, 0.25) is 0 Å². The number of anilines is 1. The number of aliphatic hydroxyl groups is 1. The first kappa shape index (κ1) is 12.3. The number of aliphatic hydroxyl groups excluding tert-OH is 1. The van der Waals surface area contributed by atoms with Crippen LogP contribution in [0.5, 0.6) is 11.6 Å². The maximum atomic E-state index is 8.95. The molecule has 0 radical (unpaired) electrons. The van der Waals surface area contributed by atoms with Crippen molar-refractivity contribution in [3.8, 4) is 11.6 Å². The molecule has 1 heterocycles. The quantitative estimate of drug-likeness (QED) is 0.863. The molecule has 2 rings (SSSR count). The van der Waals surface area contributed by atoms with Crippen LogP contribution < -0.4 is 10.1 Å². The SMILES string of the molecule is CNc1cc(Oc2ccc(CO)cc2)nc(C)n1. The van der Waals surface area contributed by atoms with Crippen LogP contribution in [0.4, 0.5) is 5.82 Å². The molecule has 0 aliphatic carbocycles. The summed E-state index contributed by atoms with van der Waals surface area (Å²) in [4.78, 5) is 8.38. The first-order chi connectivity index (χ1) is 8.71. The molecule has 0 fully saturated rings. The fourth-order valence-corrected chi connectivity index (χ4v) is 1.50. The monoisotopic (exact) mass is 245 g/mol. The Bertz CT molecular complexity index is 526. The Labute approximate surface area is 105 Å². The van der Waals surface area contributed by atoms with E-state index in [4.69, 9.17) is 9.84 Å². The number of aromatic nitrogens is 2. The van der Waals surface area contributed by atoms with Crippen molar-refractivity contribution in [1.82, 2.24) is 9.97 Å². The Morgan fingerprint density at radius 2 is 1.94 bits per heavy atom. The molecule has 18 heavy (non-hydrogen) atoms. The molecule has 1 aromatic carbocycles. The number of rotatable bonds is 4. The van der Waals surface area contributed by atoms with Gasteiger partial charge in [0.1, 0.15) is 17.4 Å². The first-order valence-corrected chi connectivity index (χ1v) is 5.62. The fourth-order valence-electron chi connectivity index (χ4n) is 1.50. The van der Waals surface area contributed by atoms with E-state index in [2.05, 4.69) is 15.3 Å². The fraction of sp³-hybridized carbons (Fsp3) is 0.231. The minimum atomic E-state index is 0.0246. The molecule has 0 unspecified atom stereocenters. The summed E-state index contributed by atoms with van der Waals surface area (Å²) in [7, 11) is 1.79. The summed E-state index contributed by atoms with van der Waals surface area (Å²) in [5.74, 6) is 2.52. The Morgan fingerprint density at radius 3 is 2.56 bits per heavy atom.